The maximum atomic E-state index is 12.1. The second-order valence-electron chi connectivity index (χ2n) is 5.99. The van der Waals surface area contributed by atoms with Gasteiger partial charge in [0.05, 0.1) is 13.2 Å². The van der Waals surface area contributed by atoms with Crippen LogP contribution in [0.2, 0.25) is 5.02 Å². The fourth-order valence-electron chi connectivity index (χ4n) is 2.69. The zero-order chi connectivity index (χ0) is 17.5. The summed E-state index contributed by atoms with van der Waals surface area (Å²) in [6.07, 6.45) is 1.40. The van der Waals surface area contributed by atoms with Crippen LogP contribution >= 0.6 is 11.6 Å². The summed E-state index contributed by atoms with van der Waals surface area (Å²) in [5.41, 5.74) is 1.14. The molecule has 1 fully saturated rings. The van der Waals surface area contributed by atoms with Crippen molar-refractivity contribution in [2.75, 3.05) is 44.7 Å². The third-order valence-corrected chi connectivity index (χ3v) is 4.35. The average molecular weight is 364 g/mol. The summed E-state index contributed by atoms with van der Waals surface area (Å²) < 4.78 is 5.33. The first kappa shape index (κ1) is 17.8. The molecule has 0 amide bonds. The molecule has 8 heteroatoms. The number of nitrogens with one attached hydrogen (secondary N) is 2. The molecule has 1 aromatic heterocycles. The van der Waals surface area contributed by atoms with Gasteiger partial charge in [0.2, 0.25) is 5.95 Å². The standard InChI is InChI=1S/C17H22ClN5O2/c18-14-4-2-13(3-5-14)12-15-16(24)20-17(22-21-15)19-6-1-7-23-8-10-25-11-9-23/h2-5H,1,6-12H2,(H2,19,20,22,24). The van der Waals surface area contributed by atoms with E-state index in [2.05, 4.69) is 25.4 Å². The number of morpholine rings is 1. The van der Waals surface area contributed by atoms with Crippen molar-refractivity contribution >= 4 is 17.5 Å². The zero-order valence-electron chi connectivity index (χ0n) is 14.0. The largest absolute Gasteiger partial charge is 0.379 e. The summed E-state index contributed by atoms with van der Waals surface area (Å²) in [6.45, 7) is 5.32. The average Bonchev–Trinajstić information content (AvgIpc) is 2.63. The number of hydrogen-bond donors (Lipinski definition) is 2. The van der Waals surface area contributed by atoms with Crippen molar-refractivity contribution in [3.05, 3.63) is 50.9 Å². The van der Waals surface area contributed by atoms with Crippen molar-refractivity contribution < 1.29 is 4.74 Å². The number of aromatic amines is 1. The minimum absolute atomic E-state index is 0.222. The highest BCUT2D eigenvalue weighted by Gasteiger charge is 2.10. The van der Waals surface area contributed by atoms with Gasteiger partial charge in [0.15, 0.2) is 0 Å². The van der Waals surface area contributed by atoms with Gasteiger partial charge in [-0.25, -0.2) is 0 Å². The summed E-state index contributed by atoms with van der Waals surface area (Å²) in [7, 11) is 0. The van der Waals surface area contributed by atoms with E-state index in [-0.39, 0.29) is 5.56 Å². The van der Waals surface area contributed by atoms with Crippen LogP contribution in [-0.2, 0) is 11.2 Å². The van der Waals surface area contributed by atoms with Gasteiger partial charge in [-0.2, -0.15) is 0 Å². The Bertz CT molecular complexity index is 729. The Labute approximate surface area is 151 Å². The van der Waals surface area contributed by atoms with Gasteiger partial charge < -0.3 is 10.1 Å². The number of nitrogens with zero attached hydrogens (tertiary/aromatic N) is 3. The van der Waals surface area contributed by atoms with Crippen molar-refractivity contribution in [3.63, 3.8) is 0 Å². The van der Waals surface area contributed by atoms with Gasteiger partial charge in [0.1, 0.15) is 5.69 Å². The molecular weight excluding hydrogens is 342 g/mol. The smallest absolute Gasteiger partial charge is 0.274 e. The molecule has 0 bridgehead atoms. The summed E-state index contributed by atoms with van der Waals surface area (Å²) >= 11 is 5.86. The maximum Gasteiger partial charge on any atom is 0.274 e. The highest BCUT2D eigenvalue weighted by atomic mass is 35.5. The van der Waals surface area contributed by atoms with Crippen LogP contribution in [0.5, 0.6) is 0 Å². The van der Waals surface area contributed by atoms with Crippen molar-refractivity contribution in [1.29, 1.82) is 0 Å². The first-order chi connectivity index (χ1) is 12.2. The monoisotopic (exact) mass is 363 g/mol. The highest BCUT2D eigenvalue weighted by Crippen LogP contribution is 2.11. The minimum Gasteiger partial charge on any atom is -0.379 e. The van der Waals surface area contributed by atoms with Gasteiger partial charge in [-0.05, 0) is 30.7 Å². The topological polar surface area (TPSA) is 83.1 Å². The zero-order valence-corrected chi connectivity index (χ0v) is 14.8. The Morgan fingerprint density at radius 2 is 1.96 bits per heavy atom. The number of halogens is 1. The van der Waals surface area contributed by atoms with Crippen LogP contribution in [0.4, 0.5) is 5.95 Å². The Kier molecular flexibility index (Phi) is 6.38. The Hall–Kier alpha value is -1.96. The Morgan fingerprint density at radius 3 is 2.68 bits per heavy atom. The van der Waals surface area contributed by atoms with Crippen molar-refractivity contribution in [2.45, 2.75) is 12.8 Å². The van der Waals surface area contributed by atoms with E-state index in [0.29, 0.717) is 23.1 Å². The molecule has 0 atom stereocenters. The molecule has 0 radical (unpaired) electrons. The number of H-pyrrole nitrogens is 1. The minimum atomic E-state index is -0.222. The number of rotatable bonds is 7. The van der Waals surface area contributed by atoms with Gasteiger partial charge in [0.25, 0.3) is 5.56 Å². The van der Waals surface area contributed by atoms with E-state index in [0.717, 1.165) is 51.4 Å². The SMILES string of the molecule is O=c1[nH]c(NCCCN2CCOCC2)nnc1Cc1ccc(Cl)cc1. The molecule has 7 nitrogen and oxygen atoms in total. The quantitative estimate of drug-likeness (QED) is 0.726. The molecule has 0 saturated carbocycles. The van der Waals surface area contributed by atoms with E-state index in [1.807, 2.05) is 12.1 Å². The van der Waals surface area contributed by atoms with Gasteiger partial charge in [-0.1, -0.05) is 23.7 Å². The summed E-state index contributed by atoms with van der Waals surface area (Å²) in [4.78, 5) is 17.3. The van der Waals surface area contributed by atoms with Gasteiger partial charge in [0, 0.05) is 31.1 Å². The molecule has 1 aliphatic heterocycles. The lowest BCUT2D eigenvalue weighted by atomic mass is 10.1. The predicted molar refractivity (Wildman–Crippen MR) is 97.3 cm³/mol. The molecule has 1 aliphatic rings. The molecule has 2 N–H and O–H groups in total. The number of anilines is 1. The third kappa shape index (κ3) is 5.52. The molecule has 0 spiro atoms. The highest BCUT2D eigenvalue weighted by molar-refractivity contribution is 6.30. The molecule has 1 saturated heterocycles. The van der Waals surface area contributed by atoms with Gasteiger partial charge >= 0.3 is 0 Å². The number of benzene rings is 1. The lowest BCUT2D eigenvalue weighted by molar-refractivity contribution is 0.0378. The molecule has 0 unspecified atom stereocenters. The van der Waals surface area contributed by atoms with E-state index < -0.39 is 0 Å². The van der Waals surface area contributed by atoms with E-state index >= 15 is 0 Å². The second kappa shape index (κ2) is 8.94. The first-order valence-electron chi connectivity index (χ1n) is 8.45. The molecule has 134 valence electrons. The van der Waals surface area contributed by atoms with Crippen LogP contribution in [-0.4, -0.2) is 59.5 Å². The van der Waals surface area contributed by atoms with E-state index in [9.17, 15) is 4.79 Å². The number of ether oxygens (including phenoxy) is 1. The normalized spacial score (nSPS) is 15.2. The predicted octanol–water partition coefficient (Wildman–Crippen LogP) is 1.54. The lowest BCUT2D eigenvalue weighted by Crippen LogP contribution is -2.37. The first-order valence-corrected chi connectivity index (χ1v) is 8.83. The van der Waals surface area contributed by atoms with Crippen LogP contribution in [0, 0.1) is 0 Å². The summed E-state index contributed by atoms with van der Waals surface area (Å²) in [5, 5.41) is 11.9. The Morgan fingerprint density at radius 1 is 1.20 bits per heavy atom. The van der Waals surface area contributed by atoms with E-state index in [1.54, 1.807) is 12.1 Å². The third-order valence-electron chi connectivity index (χ3n) is 4.10. The number of hydrogen-bond acceptors (Lipinski definition) is 6. The lowest BCUT2D eigenvalue weighted by Gasteiger charge is -2.26. The van der Waals surface area contributed by atoms with Gasteiger partial charge in [-0.3, -0.25) is 14.7 Å². The maximum absolute atomic E-state index is 12.1. The molecule has 2 aromatic rings. The molecular formula is C17H22ClN5O2. The van der Waals surface area contributed by atoms with Crippen molar-refractivity contribution in [3.8, 4) is 0 Å². The number of aromatic nitrogens is 3. The van der Waals surface area contributed by atoms with Crippen LogP contribution < -0.4 is 10.9 Å². The van der Waals surface area contributed by atoms with Crippen LogP contribution in [0.3, 0.4) is 0 Å². The molecule has 3 rings (SSSR count). The Balaban J connectivity index is 1.47. The summed E-state index contributed by atoms with van der Waals surface area (Å²) in [5.74, 6) is 0.409. The van der Waals surface area contributed by atoms with Crippen molar-refractivity contribution in [1.82, 2.24) is 20.1 Å². The summed E-state index contributed by atoms with van der Waals surface area (Å²) in [6, 6.07) is 7.34. The molecule has 2 heterocycles. The van der Waals surface area contributed by atoms with Crippen LogP contribution in [0.25, 0.3) is 0 Å². The van der Waals surface area contributed by atoms with Crippen LogP contribution in [0.1, 0.15) is 17.7 Å². The molecule has 25 heavy (non-hydrogen) atoms. The fraction of sp³-hybridized carbons (Fsp3) is 0.471. The van der Waals surface area contributed by atoms with E-state index in [4.69, 9.17) is 16.3 Å². The van der Waals surface area contributed by atoms with E-state index in [1.165, 1.54) is 0 Å². The second-order valence-corrected chi connectivity index (χ2v) is 6.42. The molecule has 0 aliphatic carbocycles. The van der Waals surface area contributed by atoms with Gasteiger partial charge in [-0.15, -0.1) is 10.2 Å². The van der Waals surface area contributed by atoms with Crippen LogP contribution in [0.15, 0.2) is 29.1 Å². The fourth-order valence-corrected chi connectivity index (χ4v) is 2.81. The van der Waals surface area contributed by atoms with Crippen molar-refractivity contribution in [2.24, 2.45) is 0 Å². The molecule has 1 aromatic carbocycles.